The first-order valence-corrected chi connectivity index (χ1v) is 2.55. The summed E-state index contributed by atoms with van der Waals surface area (Å²) in [4.78, 5) is 8.25. The van der Waals surface area contributed by atoms with Gasteiger partial charge in [0.05, 0.1) is 5.09 Å². The molecule has 10 heavy (non-hydrogen) atoms. The molecule has 0 aromatic heterocycles. The fourth-order valence-corrected chi connectivity index (χ4v) is 0. The van der Waals surface area contributed by atoms with Crippen LogP contribution in [-0.4, -0.2) is 22.6 Å². The third-order valence-electron chi connectivity index (χ3n) is 0. The second-order valence-electron chi connectivity index (χ2n) is 0.632. The van der Waals surface area contributed by atoms with Crippen LogP contribution >= 0.6 is 0 Å². The molecule has 0 heterocycles. The van der Waals surface area contributed by atoms with Gasteiger partial charge in [-0.25, -0.2) is 0 Å². The molecule has 1 radical (unpaired) electrons. The molecule has 0 saturated heterocycles. The summed E-state index contributed by atoms with van der Waals surface area (Å²) in [6.07, 6.45) is 0. The van der Waals surface area contributed by atoms with Crippen molar-refractivity contribution in [1.82, 2.24) is 0 Å². The van der Waals surface area contributed by atoms with E-state index in [0.717, 1.165) is 0 Å². The van der Waals surface area contributed by atoms with E-state index in [4.69, 9.17) is 32.8 Å². The van der Waals surface area contributed by atoms with Gasteiger partial charge in [0, 0.05) is 10.4 Å². The Kier molecular flexibility index (Phi) is 12.7. The summed E-state index contributed by atoms with van der Waals surface area (Å²) < 4.78 is 34.1. The largest absolute Gasteiger partial charge is 3.00 e. The predicted molar refractivity (Wildman–Crippen MR) is 20.8 cm³/mol. The topological polar surface area (TPSA) is 146 Å². The molecule has 0 aromatic carbocycles. The summed E-state index contributed by atoms with van der Waals surface area (Å²) in [5.41, 5.74) is 0. The predicted octanol–water partition coefficient (Wildman–Crippen LogP) is -1.58. The van der Waals surface area contributed by atoms with E-state index in [9.17, 15) is 0 Å². The van der Waals surface area contributed by atoms with E-state index in [1.165, 1.54) is 0 Å². The Hall–Kier alpha value is 0.447. The second kappa shape index (κ2) is 7.55. The molecular formula is CeNO7S. The quantitative estimate of drug-likeness (QED) is 0.227. The van der Waals surface area contributed by atoms with Gasteiger partial charge in [-0.05, 0) is 0 Å². The van der Waals surface area contributed by atoms with Crippen LogP contribution in [0.4, 0.5) is 0 Å². The Morgan fingerprint density at radius 2 is 1.10 bits per heavy atom. The zero-order chi connectivity index (χ0) is 8.08. The van der Waals surface area contributed by atoms with Crippen molar-refractivity contribution in [2.45, 2.75) is 0 Å². The summed E-state index contributed by atoms with van der Waals surface area (Å²) in [6, 6.07) is 0. The number of nitrogens with zero attached hydrogens (tertiary/aromatic N) is 1. The molecule has 10 heteroatoms. The van der Waals surface area contributed by atoms with Crippen LogP contribution in [-0.2, 0) is 10.4 Å². The van der Waals surface area contributed by atoms with Crippen LogP contribution < -0.4 is 0 Å². The molecule has 0 aromatic rings. The van der Waals surface area contributed by atoms with E-state index in [2.05, 4.69) is 0 Å². The molecule has 0 fully saturated rings. The van der Waals surface area contributed by atoms with Crippen molar-refractivity contribution in [3.63, 3.8) is 0 Å². The van der Waals surface area contributed by atoms with Crippen molar-refractivity contribution in [1.29, 1.82) is 0 Å². The number of rotatable bonds is 0. The fraction of sp³-hybridized carbons (Fsp3) is 0. The van der Waals surface area contributed by atoms with Gasteiger partial charge < -0.3 is 24.4 Å². The zero-order valence-corrected chi connectivity index (χ0v) is 8.17. The van der Waals surface area contributed by atoms with E-state index >= 15 is 0 Å². The summed E-state index contributed by atoms with van der Waals surface area (Å²) in [5, 5.41) is 14.8. The maximum atomic E-state index is 8.52. The molecule has 0 spiro atoms. The van der Waals surface area contributed by atoms with Gasteiger partial charge in [0.15, 0.2) is 0 Å². The van der Waals surface area contributed by atoms with Crippen molar-refractivity contribution in [2.24, 2.45) is 0 Å². The minimum atomic E-state index is -5.17. The van der Waals surface area contributed by atoms with Gasteiger partial charge in [0.25, 0.3) is 0 Å². The second-order valence-corrected chi connectivity index (χ2v) is 1.45. The molecule has 0 aliphatic heterocycles. The molecule has 0 rings (SSSR count). The summed E-state index contributed by atoms with van der Waals surface area (Å²) in [6.45, 7) is 0. The molecule has 0 aliphatic carbocycles. The minimum Gasteiger partial charge on any atom is -0.759 e. The molecule has 0 N–H and O–H groups in total. The Balaban J connectivity index is -0.0000000910. The van der Waals surface area contributed by atoms with E-state index in [1.54, 1.807) is 0 Å². The van der Waals surface area contributed by atoms with Crippen molar-refractivity contribution in [3.8, 4) is 0 Å². The molecule has 0 unspecified atom stereocenters. The maximum absolute atomic E-state index is 8.52. The van der Waals surface area contributed by atoms with Gasteiger partial charge in [-0.15, -0.1) is 0 Å². The fourth-order valence-electron chi connectivity index (χ4n) is 0. The van der Waals surface area contributed by atoms with Gasteiger partial charge in [-0.3, -0.25) is 8.42 Å². The molecule has 8 nitrogen and oxygen atoms in total. The zero-order valence-electron chi connectivity index (χ0n) is 4.21. The molecule has 0 aliphatic rings. The van der Waals surface area contributed by atoms with Crippen molar-refractivity contribution >= 4 is 10.4 Å². The minimum absolute atomic E-state index is 0. The van der Waals surface area contributed by atoms with Crippen LogP contribution in [0.3, 0.4) is 0 Å². The van der Waals surface area contributed by atoms with Gasteiger partial charge in [0.2, 0.25) is 0 Å². The van der Waals surface area contributed by atoms with Crippen LogP contribution in [0.2, 0.25) is 0 Å². The van der Waals surface area contributed by atoms with Gasteiger partial charge in [-0.1, -0.05) is 0 Å². The number of hydrogen-bond donors (Lipinski definition) is 0. The standard InChI is InChI=1S/Ce.NO3.H2O4S/c;2-1(3)4;1-5(2,3)4/h;;(H2,1,2,3,4)/q+3;-1;/p-2. The molecule has 0 atom stereocenters. The Morgan fingerprint density at radius 1 is 1.10 bits per heavy atom. The first kappa shape index (κ1) is 16.8. The third kappa shape index (κ3) is 2350. The van der Waals surface area contributed by atoms with Crippen LogP contribution in [0, 0.1) is 57.1 Å². The summed E-state index contributed by atoms with van der Waals surface area (Å²) >= 11 is 0. The van der Waals surface area contributed by atoms with Gasteiger partial charge in [-0.2, -0.15) is 0 Å². The van der Waals surface area contributed by atoms with Crippen LogP contribution in [0.5, 0.6) is 0 Å². The smallest absolute Gasteiger partial charge is 0.759 e. The van der Waals surface area contributed by atoms with Crippen LogP contribution in [0.1, 0.15) is 0 Å². The molecular weight excluding hydrogens is 298 g/mol. The van der Waals surface area contributed by atoms with Crippen molar-refractivity contribution < 1.29 is 64.4 Å². The third-order valence-corrected chi connectivity index (χ3v) is 0. The average Bonchev–Trinajstić information content (AvgIpc) is 1.19. The molecule has 57 valence electrons. The van der Waals surface area contributed by atoms with Crippen LogP contribution in [0.15, 0.2) is 0 Å². The van der Waals surface area contributed by atoms with Gasteiger partial charge in [0.1, 0.15) is 0 Å². The molecule has 0 bridgehead atoms. The van der Waals surface area contributed by atoms with E-state index in [1.807, 2.05) is 0 Å². The Morgan fingerprint density at radius 3 is 1.10 bits per heavy atom. The first-order chi connectivity index (χ1) is 3.73. The van der Waals surface area contributed by atoms with Crippen LogP contribution in [0.25, 0.3) is 0 Å². The van der Waals surface area contributed by atoms with Crippen molar-refractivity contribution in [2.75, 3.05) is 0 Å². The molecule has 0 saturated carbocycles. The number of hydrogen-bond acceptors (Lipinski definition) is 7. The Bertz CT molecular complexity index is 156. The summed E-state index contributed by atoms with van der Waals surface area (Å²) in [7, 11) is -5.17. The van der Waals surface area contributed by atoms with E-state index < -0.39 is 15.5 Å². The maximum Gasteiger partial charge on any atom is 3.00 e. The SMILES string of the molecule is O=S(=O)([O-])[O-].O=[N+]([O-])[O-].[Ce+3]. The van der Waals surface area contributed by atoms with E-state index in [-0.39, 0.29) is 41.7 Å². The molecule has 0 amide bonds. The normalized spacial score (nSPS) is 8.20. The van der Waals surface area contributed by atoms with Gasteiger partial charge >= 0.3 is 41.7 Å². The van der Waals surface area contributed by atoms with E-state index in [0.29, 0.717) is 0 Å². The summed E-state index contributed by atoms with van der Waals surface area (Å²) in [5.74, 6) is 0. The average molecular weight is 298 g/mol. The first-order valence-electron chi connectivity index (χ1n) is 1.21. The monoisotopic (exact) mass is 298 g/mol. The Labute approximate surface area is 89.3 Å². The van der Waals surface area contributed by atoms with Crippen molar-refractivity contribution in [3.05, 3.63) is 15.3 Å².